The predicted molar refractivity (Wildman–Crippen MR) is 127 cm³/mol. The molecule has 0 aromatic heterocycles. The molecule has 2 saturated carbocycles. The van der Waals surface area contributed by atoms with Crippen molar-refractivity contribution in [3.05, 3.63) is 63.1 Å². The number of benzene rings is 2. The van der Waals surface area contributed by atoms with Gasteiger partial charge in [0.25, 0.3) is 5.91 Å². The van der Waals surface area contributed by atoms with Gasteiger partial charge in [-0.3, -0.25) is 4.79 Å². The van der Waals surface area contributed by atoms with Crippen LogP contribution in [0, 0.1) is 16.7 Å². The lowest BCUT2D eigenvalue weighted by molar-refractivity contribution is -0.137. The lowest BCUT2D eigenvalue weighted by Gasteiger charge is -2.16. The van der Waals surface area contributed by atoms with E-state index in [1.54, 1.807) is 6.07 Å². The minimum absolute atomic E-state index is 0.0751. The maximum absolute atomic E-state index is 13.3. The normalized spacial score (nSPS) is 23.7. The van der Waals surface area contributed by atoms with Crippen molar-refractivity contribution in [2.75, 3.05) is 11.9 Å². The molecule has 35 heavy (non-hydrogen) atoms. The third-order valence-corrected chi connectivity index (χ3v) is 8.01. The third kappa shape index (κ3) is 4.67. The highest BCUT2D eigenvalue weighted by Gasteiger charge is 2.76. The van der Waals surface area contributed by atoms with Crippen LogP contribution in [0.4, 0.5) is 18.9 Å². The number of nitrogens with one attached hydrogen (secondary N) is 2. The van der Waals surface area contributed by atoms with E-state index in [9.17, 15) is 28.0 Å². The molecule has 2 unspecified atom stereocenters. The molecular formula is C23H16Cl4F3N3O2. The Kier molecular flexibility index (Phi) is 6.46. The highest BCUT2D eigenvalue weighted by atomic mass is 35.5. The second kappa shape index (κ2) is 8.74. The largest absolute Gasteiger partial charge is 0.416 e. The van der Waals surface area contributed by atoms with E-state index in [2.05, 4.69) is 16.7 Å². The van der Waals surface area contributed by atoms with Crippen LogP contribution in [0.1, 0.15) is 40.2 Å². The van der Waals surface area contributed by atoms with Gasteiger partial charge in [0.15, 0.2) is 0 Å². The number of amides is 1. The second-order valence-corrected chi connectivity index (χ2v) is 10.9. The minimum atomic E-state index is -4.65. The fraction of sp³-hybridized carbons (Fsp3) is 0.348. The van der Waals surface area contributed by atoms with Gasteiger partial charge in [0, 0.05) is 23.2 Å². The number of carbonyl (C=O) groups is 2. The van der Waals surface area contributed by atoms with Gasteiger partial charge >= 0.3 is 6.18 Å². The number of rotatable bonds is 7. The first-order valence-electron chi connectivity index (χ1n) is 10.3. The number of hydrogen-bond donors (Lipinski definition) is 2. The number of nitrogens with zero attached hydrogens (tertiary/aromatic N) is 1. The average molecular weight is 565 g/mol. The fourth-order valence-corrected chi connectivity index (χ4v) is 5.49. The van der Waals surface area contributed by atoms with E-state index < -0.39 is 38.9 Å². The van der Waals surface area contributed by atoms with E-state index in [4.69, 9.17) is 46.4 Å². The van der Waals surface area contributed by atoms with E-state index in [1.807, 2.05) is 0 Å². The van der Waals surface area contributed by atoms with Gasteiger partial charge in [-0.25, -0.2) is 0 Å². The van der Waals surface area contributed by atoms with E-state index in [0.29, 0.717) is 24.8 Å². The topological polar surface area (TPSA) is 82.0 Å². The van der Waals surface area contributed by atoms with E-state index >= 15 is 0 Å². The van der Waals surface area contributed by atoms with Crippen LogP contribution in [0.25, 0.3) is 0 Å². The molecule has 0 saturated heterocycles. The quantitative estimate of drug-likeness (QED) is 0.302. The van der Waals surface area contributed by atoms with Crippen LogP contribution in [0.15, 0.2) is 36.4 Å². The number of carbonyl (C=O) groups excluding carboxylic acids is 2. The lowest BCUT2D eigenvalue weighted by atomic mass is 9.98. The number of hydrogen-bond acceptors (Lipinski definition) is 4. The first-order chi connectivity index (χ1) is 16.3. The summed E-state index contributed by atoms with van der Waals surface area (Å²) in [6, 6.07) is 9.44. The van der Waals surface area contributed by atoms with Gasteiger partial charge in [0.05, 0.1) is 27.6 Å². The van der Waals surface area contributed by atoms with Crippen LogP contribution in [0.2, 0.25) is 10.0 Å². The average Bonchev–Trinajstić information content (AvgIpc) is 3.65. The molecule has 0 radical (unpaired) electrons. The SMILES string of the molecule is N#CC1(NC(=O)c2cc(NCC3(C=O)C(c4cc(Cl)cc(C(F)(F)F)c4)C3(Cl)Cl)ccc2Cl)CC1. The molecular weight excluding hydrogens is 549 g/mol. The zero-order valence-electron chi connectivity index (χ0n) is 17.6. The van der Waals surface area contributed by atoms with Gasteiger partial charge in [-0.15, -0.1) is 0 Å². The van der Waals surface area contributed by atoms with Crippen molar-refractivity contribution in [3.8, 4) is 6.07 Å². The van der Waals surface area contributed by atoms with Crippen molar-refractivity contribution in [1.82, 2.24) is 5.32 Å². The number of nitriles is 1. The predicted octanol–water partition coefficient (Wildman–Crippen LogP) is 6.37. The lowest BCUT2D eigenvalue weighted by Crippen LogP contribution is -2.35. The smallest absolute Gasteiger partial charge is 0.384 e. The molecule has 1 amide bonds. The van der Waals surface area contributed by atoms with Gasteiger partial charge in [0.2, 0.25) is 0 Å². The summed E-state index contributed by atoms with van der Waals surface area (Å²) in [5, 5.41) is 14.8. The molecule has 0 spiro atoms. The van der Waals surface area contributed by atoms with E-state index in [1.165, 1.54) is 18.2 Å². The first-order valence-corrected chi connectivity index (χ1v) is 11.8. The molecule has 2 N–H and O–H groups in total. The molecule has 2 atom stereocenters. The van der Waals surface area contributed by atoms with Gasteiger partial charge in [-0.05, 0) is 54.8 Å². The molecule has 2 aromatic rings. The van der Waals surface area contributed by atoms with Crippen molar-refractivity contribution in [1.29, 1.82) is 5.26 Å². The van der Waals surface area contributed by atoms with Crippen LogP contribution in [-0.4, -0.2) is 28.6 Å². The monoisotopic (exact) mass is 563 g/mol. The molecule has 184 valence electrons. The first kappa shape index (κ1) is 25.9. The van der Waals surface area contributed by atoms with Crippen LogP contribution in [-0.2, 0) is 11.0 Å². The highest BCUT2D eigenvalue weighted by molar-refractivity contribution is 6.54. The van der Waals surface area contributed by atoms with E-state index in [0.717, 1.165) is 12.1 Å². The van der Waals surface area contributed by atoms with Crippen LogP contribution in [0.5, 0.6) is 0 Å². The number of anilines is 1. The Hall–Kier alpha value is -2.18. The molecule has 4 rings (SSSR count). The molecule has 0 bridgehead atoms. The van der Waals surface area contributed by atoms with Crippen molar-refractivity contribution in [3.63, 3.8) is 0 Å². The van der Waals surface area contributed by atoms with Gasteiger partial charge < -0.3 is 15.4 Å². The van der Waals surface area contributed by atoms with Crippen LogP contribution < -0.4 is 10.6 Å². The second-order valence-electron chi connectivity index (χ2n) is 8.68. The summed E-state index contributed by atoms with van der Waals surface area (Å²) in [7, 11) is 0. The molecule has 2 aliphatic rings. The third-order valence-electron chi connectivity index (χ3n) is 6.32. The molecule has 5 nitrogen and oxygen atoms in total. The number of halogens is 7. The van der Waals surface area contributed by atoms with Crippen molar-refractivity contribution >= 4 is 64.3 Å². The number of alkyl halides is 5. The Bertz CT molecular complexity index is 1260. The maximum atomic E-state index is 13.3. The zero-order chi connectivity index (χ0) is 25.8. The van der Waals surface area contributed by atoms with Crippen molar-refractivity contribution < 1.29 is 22.8 Å². The van der Waals surface area contributed by atoms with Crippen molar-refractivity contribution in [2.24, 2.45) is 5.41 Å². The standard InChI is InChI=1S/C23H16Cl4F3N3O2/c24-14-6-12(5-13(7-14)23(28,29)30)18-21(11-34,22(18,26)27)10-32-15-1-2-17(25)16(8-15)19(35)33-20(9-31)3-4-20/h1-2,5-8,11,18,32H,3-4,10H2,(H,33,35). The Morgan fingerprint density at radius 3 is 2.43 bits per heavy atom. The molecule has 2 aliphatic carbocycles. The highest BCUT2D eigenvalue weighted by Crippen LogP contribution is 2.73. The Balaban J connectivity index is 1.56. The maximum Gasteiger partial charge on any atom is 0.416 e. The summed E-state index contributed by atoms with van der Waals surface area (Å²) in [5.41, 5.74) is -2.77. The Labute approximate surface area is 218 Å². The molecule has 0 aliphatic heterocycles. The van der Waals surface area contributed by atoms with Gasteiger partial charge in [-0.2, -0.15) is 18.4 Å². The summed E-state index contributed by atoms with van der Waals surface area (Å²) < 4.78 is 38.1. The minimum Gasteiger partial charge on any atom is -0.384 e. The van der Waals surface area contributed by atoms with Gasteiger partial charge in [0.1, 0.15) is 16.2 Å². The Morgan fingerprint density at radius 1 is 1.17 bits per heavy atom. The molecule has 0 heterocycles. The van der Waals surface area contributed by atoms with Crippen LogP contribution >= 0.6 is 46.4 Å². The molecule has 12 heteroatoms. The Morgan fingerprint density at radius 2 is 1.86 bits per heavy atom. The summed E-state index contributed by atoms with van der Waals surface area (Å²) in [5.74, 6) is -1.50. The summed E-state index contributed by atoms with van der Waals surface area (Å²) in [4.78, 5) is 24.7. The molecule has 2 fully saturated rings. The fourth-order valence-electron chi connectivity index (χ4n) is 4.07. The van der Waals surface area contributed by atoms with Gasteiger partial charge in [-0.1, -0.05) is 46.4 Å². The summed E-state index contributed by atoms with van der Waals surface area (Å²) in [6.07, 6.45) is -3.06. The van der Waals surface area contributed by atoms with E-state index in [-0.39, 0.29) is 27.7 Å². The summed E-state index contributed by atoms with van der Waals surface area (Å²) >= 11 is 24.9. The summed E-state index contributed by atoms with van der Waals surface area (Å²) in [6.45, 7) is -0.146. The number of aldehydes is 1. The zero-order valence-corrected chi connectivity index (χ0v) is 20.7. The molecule has 2 aromatic carbocycles. The van der Waals surface area contributed by atoms with Crippen LogP contribution in [0.3, 0.4) is 0 Å². The van der Waals surface area contributed by atoms with Crippen molar-refractivity contribution in [2.45, 2.75) is 34.8 Å².